The standard InChI is InChI=1S/C56H36N12O36S10/c57-48-39(20-42(109(83,84)85)32-17-41(106-104-102-76)49(54(72)47(32)48)65-60-35-6-1-22(68(73)74)13-43(35)110(86,87)88)64-61-36-7-4-27-30(55(36)113(95,96)97)18-45(112(92,93)94)51(53(27)71)67-62-37-8-5-28-31(56(37)114(98,99)100)19-44(111(89,90)91)50(52(28)70)66-59-34-10-9-33(26-3-2-23(14-29(26)34)105-103-101-75)58-63-38-15-24(107(77,78)79)11-21-12-25(108(80,81)82)16-40(69)46(21)38/h1-20,69-72,75-76H,57H2,(H,77,78,79)(H,80,81,82)(H,83,84,85)(H,86,87,88)(H,89,90,91)(H,92,93,94)(H,95,96,97)(H,98,99,100). The number of aromatic hydroxyl groups is 4. The molecule has 0 saturated heterocycles. The highest BCUT2D eigenvalue weighted by Crippen LogP contribution is 2.53. The third-order valence-corrected chi connectivity index (χ3v) is 23.8. The number of azo groups is 5. The van der Waals surface area contributed by atoms with Crippen molar-refractivity contribution in [3.05, 3.63) is 131 Å². The molecule has 11 rings (SSSR count). The smallest absolute Gasteiger partial charge is 0.297 e. The van der Waals surface area contributed by atoms with Crippen LogP contribution in [0.1, 0.15) is 0 Å². The van der Waals surface area contributed by atoms with Gasteiger partial charge in [0.15, 0.2) is 17.2 Å². The van der Waals surface area contributed by atoms with Gasteiger partial charge in [-0.3, -0.25) is 46.5 Å². The Hall–Kier alpha value is -11.1. The Morgan fingerprint density at radius 2 is 0.781 bits per heavy atom. The average Bonchev–Trinajstić information content (AvgIpc) is 0.721. The Balaban J connectivity index is 1.01. The monoisotopic (exact) mass is 1770 g/mol. The summed E-state index contributed by atoms with van der Waals surface area (Å²) in [4.78, 5) is -0.787. The van der Waals surface area contributed by atoms with Crippen molar-refractivity contribution in [2.45, 2.75) is 49.0 Å². The van der Waals surface area contributed by atoms with Gasteiger partial charge in [0.05, 0.1) is 77.2 Å². The molecule has 16 N–H and O–H groups in total. The fourth-order valence-corrected chi connectivity index (χ4v) is 17.1. The Morgan fingerprint density at radius 1 is 0.351 bits per heavy atom. The summed E-state index contributed by atoms with van der Waals surface area (Å²) in [6.45, 7) is 0. The number of nitro benzene ring substituents is 1. The van der Waals surface area contributed by atoms with Crippen molar-refractivity contribution in [2.24, 2.45) is 51.1 Å². The minimum Gasteiger partial charge on any atom is -0.507 e. The van der Waals surface area contributed by atoms with E-state index in [1.165, 1.54) is 18.2 Å². The van der Waals surface area contributed by atoms with Crippen LogP contribution in [0.15, 0.2) is 221 Å². The Labute approximate surface area is 641 Å². The molecule has 114 heavy (non-hydrogen) atoms. The predicted octanol–water partition coefficient (Wildman–Crippen LogP) is 12.7. The average molecular weight is 1770 g/mol. The molecule has 0 aliphatic rings. The van der Waals surface area contributed by atoms with Crippen molar-refractivity contribution >= 4 is 227 Å². The first-order valence-electron chi connectivity index (χ1n) is 29.0. The number of nitrogens with two attached hydrogens (primary N) is 1. The van der Waals surface area contributed by atoms with Crippen molar-refractivity contribution in [3.63, 3.8) is 0 Å². The van der Waals surface area contributed by atoms with Gasteiger partial charge < -0.3 is 26.2 Å². The third kappa shape index (κ3) is 17.1. The molecule has 48 nitrogen and oxygen atoms in total. The maximum absolute atomic E-state index is 13.4. The quantitative estimate of drug-likeness (QED) is 0.00480. The highest BCUT2D eigenvalue weighted by Gasteiger charge is 2.33. The van der Waals surface area contributed by atoms with Crippen molar-refractivity contribution < 1.29 is 158 Å². The molecule has 0 aliphatic heterocycles. The number of fused-ring (bicyclic) bond motifs is 5. The Bertz CT molecular complexity index is 7240. The van der Waals surface area contributed by atoms with Gasteiger partial charge in [0, 0.05) is 60.8 Å². The fraction of sp³-hybridized carbons (Fsp3) is 0. The minimum absolute atomic E-state index is 0.0116. The normalized spacial score (nSPS) is 13.3. The summed E-state index contributed by atoms with van der Waals surface area (Å²) in [6.07, 6.45) is 0. The van der Waals surface area contributed by atoms with Gasteiger partial charge in [-0.1, -0.05) is 16.1 Å². The molecule has 0 atom stereocenters. The lowest BCUT2D eigenvalue weighted by Gasteiger charge is -2.15. The molecule has 0 aromatic heterocycles. The molecule has 0 spiro atoms. The van der Waals surface area contributed by atoms with Crippen LogP contribution in [0.2, 0.25) is 0 Å². The van der Waals surface area contributed by atoms with E-state index in [0.29, 0.717) is 66.6 Å². The molecular formula is C56H36N12O36S10. The van der Waals surface area contributed by atoms with Crippen LogP contribution in [-0.4, -0.2) is 140 Å². The molecule has 0 unspecified atom stereocenters. The number of anilines is 1. The molecule has 0 heterocycles. The second kappa shape index (κ2) is 30.7. The first kappa shape index (κ1) is 83.8. The van der Waals surface area contributed by atoms with Gasteiger partial charge in [0.1, 0.15) is 74.9 Å². The number of phenols is 4. The number of phenolic OH excluding ortho intramolecular Hbond substituents is 4. The first-order chi connectivity index (χ1) is 52.9. The van der Waals surface area contributed by atoms with E-state index in [1.54, 1.807) is 0 Å². The number of nitro groups is 1. The number of benzene rings is 11. The lowest BCUT2D eigenvalue weighted by Crippen LogP contribution is -2.04. The molecule has 11 aromatic carbocycles. The molecule has 0 bridgehead atoms. The van der Waals surface area contributed by atoms with Gasteiger partial charge in [0.2, 0.25) is 0 Å². The second-order valence-corrected chi connectivity index (χ2v) is 35.1. The fourth-order valence-electron chi connectivity index (χ4n) is 10.9. The SMILES string of the molecule is Nc1c(N=Nc2ccc3c(O)c(N=Nc4ccc5c(O)c(N=Nc6ccc(N=Nc7cc(S(=O)(=O)O)cc8cc(S(=O)(=O)O)cc(O)c78)c7ccc(SOOO)cc67)c(S(=O)(=O)O)cc5c4S(=O)(=O)O)c(S(=O)(=O)O)cc3c2S(=O)(=O)O)cc(S(=O)(=O)O)c2cc(SOOO)c(N=Nc3ccc([N+](=O)[O-])cc3S(=O)(=O)O)c(O)c12. The molecule has 11 aromatic rings. The largest absolute Gasteiger partial charge is 0.507 e. The highest BCUT2D eigenvalue weighted by atomic mass is 32.3. The predicted molar refractivity (Wildman–Crippen MR) is 385 cm³/mol. The Kier molecular flexibility index (Phi) is 22.5. The van der Waals surface area contributed by atoms with E-state index in [9.17, 15) is 134 Å². The number of rotatable bonds is 25. The van der Waals surface area contributed by atoms with Gasteiger partial charge in [-0.15, -0.1) is 59.8 Å². The van der Waals surface area contributed by atoms with Crippen LogP contribution >= 0.6 is 24.1 Å². The van der Waals surface area contributed by atoms with E-state index < -0.39 is 248 Å². The number of nitrogens with zero attached hydrogens (tertiary/aromatic N) is 11. The van der Waals surface area contributed by atoms with Crippen molar-refractivity contribution in [3.8, 4) is 23.0 Å². The van der Waals surface area contributed by atoms with Crippen LogP contribution < -0.4 is 5.73 Å². The van der Waals surface area contributed by atoms with Crippen molar-refractivity contribution in [2.75, 3.05) is 5.73 Å². The molecule has 0 amide bonds. The van der Waals surface area contributed by atoms with Crippen LogP contribution in [0.25, 0.3) is 53.9 Å². The summed E-state index contributed by atoms with van der Waals surface area (Å²) in [5.74, 6) is -5.08. The van der Waals surface area contributed by atoms with E-state index in [-0.39, 0.29) is 56.6 Å². The molecule has 0 radical (unpaired) electrons. The maximum Gasteiger partial charge on any atom is 0.297 e. The molecule has 0 aliphatic carbocycles. The van der Waals surface area contributed by atoms with Crippen LogP contribution in [-0.2, 0) is 99.7 Å². The Morgan fingerprint density at radius 3 is 1.28 bits per heavy atom. The molecule has 0 fully saturated rings. The van der Waals surface area contributed by atoms with Crippen LogP contribution in [0, 0.1) is 10.1 Å². The van der Waals surface area contributed by atoms with E-state index >= 15 is 0 Å². The van der Waals surface area contributed by atoms with E-state index in [4.69, 9.17) is 16.2 Å². The highest BCUT2D eigenvalue weighted by molar-refractivity contribution is 7.95. The summed E-state index contributed by atoms with van der Waals surface area (Å²) in [5, 5.41) is 114. The van der Waals surface area contributed by atoms with Gasteiger partial charge in [-0.25, -0.2) is 10.5 Å². The van der Waals surface area contributed by atoms with Crippen LogP contribution in [0.3, 0.4) is 0 Å². The lowest BCUT2D eigenvalue weighted by atomic mass is 10.0. The minimum atomic E-state index is -5.93. The molecular weight excluding hydrogens is 1740 g/mol. The summed E-state index contributed by atoms with van der Waals surface area (Å²) >= 11 is 0.279. The first-order valence-corrected chi connectivity index (χ1v) is 42.0. The number of nitrogen functional groups attached to an aromatic ring is 1. The number of non-ortho nitro benzene ring substituents is 1. The van der Waals surface area contributed by atoms with Crippen molar-refractivity contribution in [1.29, 1.82) is 0 Å². The van der Waals surface area contributed by atoms with Gasteiger partial charge >= 0.3 is 0 Å². The van der Waals surface area contributed by atoms with Gasteiger partial charge in [-0.2, -0.15) is 67.3 Å². The zero-order chi connectivity index (χ0) is 83.8. The van der Waals surface area contributed by atoms with Crippen LogP contribution in [0.4, 0.5) is 68.2 Å². The number of hydrogen-bond acceptors (Lipinski definition) is 41. The van der Waals surface area contributed by atoms with Gasteiger partial charge in [-0.05, 0) is 102 Å². The molecule has 596 valence electrons. The van der Waals surface area contributed by atoms with Crippen LogP contribution in [0.5, 0.6) is 23.0 Å². The zero-order valence-electron chi connectivity index (χ0n) is 54.4. The topological polar surface area (TPSA) is 786 Å². The molecule has 58 heteroatoms. The molecule has 0 saturated carbocycles. The lowest BCUT2D eigenvalue weighted by molar-refractivity contribution is -0.432. The zero-order valence-corrected chi connectivity index (χ0v) is 62.5. The summed E-state index contributed by atoms with van der Waals surface area (Å²) in [5.41, 5.74) is -4.17. The number of hydrogen-bond donors (Lipinski definition) is 15. The van der Waals surface area contributed by atoms with Gasteiger partial charge in [0.25, 0.3) is 86.6 Å². The summed E-state index contributed by atoms with van der Waals surface area (Å²) in [7, 11) is -44.6. The summed E-state index contributed by atoms with van der Waals surface area (Å²) in [6, 6.07) is 14.7. The third-order valence-electron chi connectivity index (χ3n) is 15.5. The van der Waals surface area contributed by atoms with E-state index in [1.807, 2.05) is 0 Å². The second-order valence-electron chi connectivity index (χ2n) is 22.4. The summed E-state index contributed by atoms with van der Waals surface area (Å²) < 4.78 is 297. The maximum atomic E-state index is 13.4. The van der Waals surface area contributed by atoms with Crippen molar-refractivity contribution in [1.82, 2.24) is 0 Å². The van der Waals surface area contributed by atoms with E-state index in [2.05, 4.69) is 69.9 Å². The van der Waals surface area contributed by atoms with E-state index in [0.717, 1.165) is 36.4 Å².